The molecule has 0 aromatic carbocycles. The summed E-state index contributed by atoms with van der Waals surface area (Å²) in [5.74, 6) is 1.22. The molecule has 108 valence electrons. The van der Waals surface area contributed by atoms with E-state index in [0.717, 1.165) is 24.6 Å². The number of aliphatic hydroxyl groups is 1. The largest absolute Gasteiger partial charge is 0.394 e. The highest BCUT2D eigenvalue weighted by molar-refractivity contribution is 6.28. The SMILES string of the molecule is CC1CCCC(CO)(Nc2nc(Cl)nc3[nH]ncc23)C1. The van der Waals surface area contributed by atoms with Gasteiger partial charge in [0.15, 0.2) is 5.65 Å². The molecule has 7 heteroatoms. The number of H-pyrrole nitrogens is 1. The van der Waals surface area contributed by atoms with Gasteiger partial charge in [-0.15, -0.1) is 0 Å². The molecule has 2 aromatic rings. The lowest BCUT2D eigenvalue weighted by Gasteiger charge is -2.39. The van der Waals surface area contributed by atoms with Gasteiger partial charge in [0.25, 0.3) is 0 Å². The summed E-state index contributed by atoms with van der Waals surface area (Å²) in [6.45, 7) is 2.30. The molecule has 1 saturated carbocycles. The molecule has 2 aromatic heterocycles. The Morgan fingerprint density at radius 3 is 3.15 bits per heavy atom. The van der Waals surface area contributed by atoms with Crippen molar-refractivity contribution in [2.45, 2.75) is 38.1 Å². The van der Waals surface area contributed by atoms with Crippen molar-refractivity contribution in [1.29, 1.82) is 0 Å². The van der Waals surface area contributed by atoms with Crippen LogP contribution in [0.5, 0.6) is 0 Å². The minimum Gasteiger partial charge on any atom is -0.394 e. The molecule has 1 aliphatic carbocycles. The van der Waals surface area contributed by atoms with E-state index in [9.17, 15) is 5.11 Å². The van der Waals surface area contributed by atoms with Crippen LogP contribution in [-0.2, 0) is 0 Å². The molecule has 0 amide bonds. The Kier molecular flexibility index (Phi) is 3.52. The third-order valence-corrected chi connectivity index (χ3v) is 4.23. The number of aromatic amines is 1. The summed E-state index contributed by atoms with van der Waals surface area (Å²) in [7, 11) is 0. The zero-order valence-corrected chi connectivity index (χ0v) is 12.1. The van der Waals surface area contributed by atoms with Crippen molar-refractivity contribution in [2.75, 3.05) is 11.9 Å². The maximum Gasteiger partial charge on any atom is 0.226 e. The Balaban J connectivity index is 1.96. The first kappa shape index (κ1) is 13.6. The molecule has 0 radical (unpaired) electrons. The second-order valence-electron chi connectivity index (χ2n) is 5.74. The summed E-state index contributed by atoms with van der Waals surface area (Å²) in [4.78, 5) is 8.34. The Morgan fingerprint density at radius 2 is 2.40 bits per heavy atom. The maximum atomic E-state index is 9.85. The fourth-order valence-corrected chi connectivity index (χ4v) is 3.28. The van der Waals surface area contributed by atoms with Gasteiger partial charge in [0, 0.05) is 0 Å². The number of halogens is 1. The fraction of sp³-hybridized carbons (Fsp3) is 0.615. The van der Waals surface area contributed by atoms with Crippen molar-refractivity contribution in [3.05, 3.63) is 11.5 Å². The number of anilines is 1. The molecule has 2 unspecified atom stereocenters. The molecule has 0 bridgehead atoms. The van der Waals surface area contributed by atoms with Gasteiger partial charge in [-0.1, -0.05) is 19.8 Å². The lowest BCUT2D eigenvalue weighted by atomic mass is 9.77. The van der Waals surface area contributed by atoms with Crippen LogP contribution in [0.25, 0.3) is 11.0 Å². The van der Waals surface area contributed by atoms with Crippen LogP contribution in [0.15, 0.2) is 6.20 Å². The average Bonchev–Trinajstić information content (AvgIpc) is 2.87. The van der Waals surface area contributed by atoms with Crippen LogP contribution < -0.4 is 5.32 Å². The second-order valence-corrected chi connectivity index (χ2v) is 6.08. The Morgan fingerprint density at radius 1 is 1.55 bits per heavy atom. The number of rotatable bonds is 3. The van der Waals surface area contributed by atoms with E-state index < -0.39 is 0 Å². The monoisotopic (exact) mass is 295 g/mol. The molecule has 2 atom stereocenters. The van der Waals surface area contributed by atoms with Crippen LogP contribution in [-0.4, -0.2) is 37.4 Å². The zero-order valence-electron chi connectivity index (χ0n) is 11.4. The minimum absolute atomic E-state index is 0.0817. The van der Waals surface area contributed by atoms with E-state index in [1.807, 2.05) is 0 Å². The fourth-order valence-electron chi connectivity index (χ4n) is 3.11. The van der Waals surface area contributed by atoms with Crippen molar-refractivity contribution in [3.8, 4) is 0 Å². The summed E-state index contributed by atoms with van der Waals surface area (Å²) in [5.41, 5.74) is 0.268. The summed E-state index contributed by atoms with van der Waals surface area (Å²) in [5, 5.41) is 21.0. The number of nitrogens with zero attached hydrogens (tertiary/aromatic N) is 3. The highest BCUT2D eigenvalue weighted by Crippen LogP contribution is 2.35. The zero-order chi connectivity index (χ0) is 14.2. The van der Waals surface area contributed by atoms with Gasteiger partial charge in [-0.05, 0) is 30.4 Å². The summed E-state index contributed by atoms with van der Waals surface area (Å²) < 4.78 is 0. The molecule has 2 heterocycles. The molecule has 1 aliphatic rings. The van der Waals surface area contributed by atoms with Gasteiger partial charge in [-0.3, -0.25) is 5.10 Å². The van der Waals surface area contributed by atoms with Gasteiger partial charge >= 0.3 is 0 Å². The van der Waals surface area contributed by atoms with Crippen LogP contribution in [0.1, 0.15) is 32.6 Å². The van der Waals surface area contributed by atoms with Crippen LogP contribution in [0.4, 0.5) is 5.82 Å². The number of hydrogen-bond acceptors (Lipinski definition) is 5. The van der Waals surface area contributed by atoms with E-state index in [1.54, 1.807) is 6.20 Å². The van der Waals surface area contributed by atoms with Gasteiger partial charge < -0.3 is 10.4 Å². The van der Waals surface area contributed by atoms with Gasteiger partial charge in [0.1, 0.15) is 5.82 Å². The first-order valence-electron chi connectivity index (χ1n) is 6.87. The summed E-state index contributed by atoms with van der Waals surface area (Å²) in [6.07, 6.45) is 5.82. The smallest absolute Gasteiger partial charge is 0.226 e. The lowest BCUT2D eigenvalue weighted by Crippen LogP contribution is -2.46. The highest BCUT2D eigenvalue weighted by Gasteiger charge is 2.35. The van der Waals surface area contributed by atoms with Crippen LogP contribution in [0.3, 0.4) is 0 Å². The predicted molar refractivity (Wildman–Crippen MR) is 77.8 cm³/mol. The lowest BCUT2D eigenvalue weighted by molar-refractivity contribution is 0.149. The number of hydrogen-bond donors (Lipinski definition) is 3. The van der Waals surface area contributed by atoms with Crippen molar-refractivity contribution >= 4 is 28.5 Å². The Labute approximate surface area is 122 Å². The molecule has 1 fully saturated rings. The number of aromatic nitrogens is 4. The van der Waals surface area contributed by atoms with Crippen LogP contribution in [0, 0.1) is 5.92 Å². The average molecular weight is 296 g/mol. The molecule has 20 heavy (non-hydrogen) atoms. The molecule has 3 rings (SSSR count). The van der Waals surface area contributed by atoms with E-state index in [0.29, 0.717) is 17.4 Å². The molecule has 6 nitrogen and oxygen atoms in total. The predicted octanol–water partition coefficient (Wildman–Crippen LogP) is 2.36. The van der Waals surface area contributed by atoms with Crippen LogP contribution >= 0.6 is 11.6 Å². The van der Waals surface area contributed by atoms with Gasteiger partial charge in [-0.25, -0.2) is 0 Å². The van der Waals surface area contributed by atoms with Crippen LogP contribution in [0.2, 0.25) is 5.28 Å². The molecular weight excluding hydrogens is 278 g/mol. The third-order valence-electron chi connectivity index (χ3n) is 4.06. The van der Waals surface area contributed by atoms with Crippen molar-refractivity contribution in [2.24, 2.45) is 5.92 Å². The number of nitrogens with one attached hydrogen (secondary N) is 2. The van der Waals surface area contributed by atoms with Crippen molar-refractivity contribution in [3.63, 3.8) is 0 Å². The first-order valence-corrected chi connectivity index (χ1v) is 7.25. The molecule has 0 spiro atoms. The Bertz CT molecular complexity index is 616. The van der Waals surface area contributed by atoms with Gasteiger partial charge in [-0.2, -0.15) is 15.1 Å². The normalized spacial score (nSPS) is 26.9. The standard InChI is InChI=1S/C13H18ClN5O/c1-8-3-2-4-13(5-8,7-20)18-10-9-6-15-19-11(9)17-12(14)16-10/h6,8,20H,2-5,7H2,1H3,(H2,15,16,17,18,19). The number of fused-ring (bicyclic) bond motifs is 1. The minimum atomic E-state index is -0.334. The van der Waals surface area contributed by atoms with E-state index in [2.05, 4.69) is 32.4 Å². The topological polar surface area (TPSA) is 86.7 Å². The van der Waals surface area contributed by atoms with E-state index >= 15 is 0 Å². The summed E-state index contributed by atoms with van der Waals surface area (Å²) in [6, 6.07) is 0. The van der Waals surface area contributed by atoms with E-state index in [-0.39, 0.29) is 17.4 Å². The Hall–Kier alpha value is -1.40. The maximum absolute atomic E-state index is 9.85. The molecular formula is C13H18ClN5O. The van der Waals surface area contributed by atoms with E-state index in [1.165, 1.54) is 6.42 Å². The second kappa shape index (κ2) is 5.18. The van der Waals surface area contributed by atoms with E-state index in [4.69, 9.17) is 11.6 Å². The van der Waals surface area contributed by atoms with Crippen molar-refractivity contribution in [1.82, 2.24) is 20.2 Å². The van der Waals surface area contributed by atoms with Gasteiger partial charge in [0.2, 0.25) is 5.28 Å². The van der Waals surface area contributed by atoms with Crippen molar-refractivity contribution < 1.29 is 5.11 Å². The summed E-state index contributed by atoms with van der Waals surface area (Å²) >= 11 is 5.94. The number of aliphatic hydroxyl groups excluding tert-OH is 1. The first-order chi connectivity index (χ1) is 9.62. The molecule has 3 N–H and O–H groups in total. The molecule has 0 aliphatic heterocycles. The third kappa shape index (κ3) is 2.45. The highest BCUT2D eigenvalue weighted by atomic mass is 35.5. The molecule has 0 saturated heterocycles. The van der Waals surface area contributed by atoms with Gasteiger partial charge in [0.05, 0.1) is 23.7 Å². The quantitative estimate of drug-likeness (QED) is 0.757.